The topological polar surface area (TPSA) is 95.4 Å². The van der Waals surface area contributed by atoms with Crippen LogP contribution >= 0.6 is 0 Å². The maximum atomic E-state index is 8.27. The van der Waals surface area contributed by atoms with Crippen molar-refractivity contribution >= 4 is 11.5 Å². The van der Waals surface area contributed by atoms with Crippen LogP contribution in [-0.4, -0.2) is 21.7 Å². The van der Waals surface area contributed by atoms with Crippen LogP contribution in [0, 0.1) is 5.41 Å². The summed E-state index contributed by atoms with van der Waals surface area (Å²) >= 11 is 0. The van der Waals surface area contributed by atoms with E-state index in [2.05, 4.69) is 10.1 Å². The van der Waals surface area contributed by atoms with Gasteiger partial charge < -0.3 is 10.9 Å². The van der Waals surface area contributed by atoms with Crippen molar-refractivity contribution in [3.8, 4) is 0 Å². The lowest BCUT2D eigenvalue weighted by atomic mass is 10.2. The van der Waals surface area contributed by atoms with Crippen LogP contribution in [0.2, 0.25) is 0 Å². The third kappa shape index (κ3) is 1.57. The third-order valence-electron chi connectivity index (χ3n) is 1.31. The average molecular weight is 164 g/mol. The first kappa shape index (κ1) is 8.19. The molecule has 0 saturated carbocycles. The summed E-state index contributed by atoms with van der Waals surface area (Å²) in [5.41, 5.74) is 5.68. The first-order valence-electron chi connectivity index (χ1n) is 3.22. The van der Waals surface area contributed by atoms with Gasteiger partial charge in [0.15, 0.2) is 5.84 Å². The van der Waals surface area contributed by atoms with Crippen molar-refractivity contribution in [3.63, 3.8) is 0 Å². The van der Waals surface area contributed by atoms with Crippen LogP contribution in [0.15, 0.2) is 29.7 Å². The lowest BCUT2D eigenvalue weighted by molar-refractivity contribution is 0.319. The second-order valence-corrected chi connectivity index (χ2v) is 2.10. The van der Waals surface area contributed by atoms with E-state index in [0.717, 1.165) is 0 Å². The van der Waals surface area contributed by atoms with Gasteiger partial charge in [-0.3, -0.25) is 10.4 Å². The van der Waals surface area contributed by atoms with Gasteiger partial charge in [0.25, 0.3) is 0 Å². The standard InChI is InChI=1S/C7H8N4O/c8-6(7(9)11-12)5-2-1-3-10-4-5/h1-4,8,12H,(H2,9,11). The minimum absolute atomic E-state index is 0.0365. The second-order valence-electron chi connectivity index (χ2n) is 2.10. The molecule has 0 saturated heterocycles. The molecule has 1 aromatic heterocycles. The Bertz CT molecular complexity index is 306. The summed E-state index contributed by atoms with van der Waals surface area (Å²) in [4.78, 5) is 3.79. The SMILES string of the molecule is N=C(C(N)=NO)c1cccnc1. The molecule has 0 amide bonds. The zero-order chi connectivity index (χ0) is 8.97. The van der Waals surface area contributed by atoms with Crippen molar-refractivity contribution in [3.05, 3.63) is 30.1 Å². The van der Waals surface area contributed by atoms with E-state index in [1.54, 1.807) is 18.3 Å². The number of nitrogens with one attached hydrogen (secondary N) is 1. The molecular weight excluding hydrogens is 156 g/mol. The molecule has 1 heterocycles. The van der Waals surface area contributed by atoms with Crippen molar-refractivity contribution in [2.75, 3.05) is 0 Å². The van der Waals surface area contributed by atoms with Gasteiger partial charge in [0.1, 0.15) is 5.71 Å². The molecule has 0 unspecified atom stereocenters. The lowest BCUT2D eigenvalue weighted by Gasteiger charge is -1.99. The van der Waals surface area contributed by atoms with Gasteiger partial charge in [-0.05, 0) is 12.1 Å². The number of nitrogens with two attached hydrogens (primary N) is 1. The lowest BCUT2D eigenvalue weighted by Crippen LogP contribution is -2.23. The molecule has 62 valence electrons. The molecule has 0 fully saturated rings. The highest BCUT2D eigenvalue weighted by molar-refractivity contribution is 6.45. The summed E-state index contributed by atoms with van der Waals surface area (Å²) in [6, 6.07) is 3.34. The van der Waals surface area contributed by atoms with Crippen LogP contribution in [0.5, 0.6) is 0 Å². The zero-order valence-electron chi connectivity index (χ0n) is 6.23. The van der Waals surface area contributed by atoms with Gasteiger partial charge in [-0.25, -0.2) is 0 Å². The summed E-state index contributed by atoms with van der Waals surface area (Å²) in [7, 11) is 0. The maximum absolute atomic E-state index is 8.27. The van der Waals surface area contributed by atoms with Crippen LogP contribution < -0.4 is 5.73 Å². The summed E-state index contributed by atoms with van der Waals surface area (Å²) in [6.07, 6.45) is 3.06. The maximum Gasteiger partial charge on any atom is 0.188 e. The fourth-order valence-corrected chi connectivity index (χ4v) is 0.709. The molecule has 0 spiro atoms. The third-order valence-corrected chi connectivity index (χ3v) is 1.31. The van der Waals surface area contributed by atoms with Gasteiger partial charge in [0.2, 0.25) is 0 Å². The number of aromatic nitrogens is 1. The van der Waals surface area contributed by atoms with Crippen LogP contribution in [0.1, 0.15) is 5.56 Å². The van der Waals surface area contributed by atoms with Crippen molar-refractivity contribution in [1.29, 1.82) is 5.41 Å². The van der Waals surface area contributed by atoms with Gasteiger partial charge in [-0.2, -0.15) is 0 Å². The Kier molecular flexibility index (Phi) is 2.37. The Hall–Kier alpha value is -1.91. The molecule has 0 atom stereocenters. The van der Waals surface area contributed by atoms with Crippen LogP contribution in [0.3, 0.4) is 0 Å². The summed E-state index contributed by atoms with van der Waals surface area (Å²) in [5, 5.41) is 18.4. The molecule has 0 aliphatic rings. The first-order chi connectivity index (χ1) is 5.75. The zero-order valence-corrected chi connectivity index (χ0v) is 6.23. The summed E-state index contributed by atoms with van der Waals surface area (Å²) in [5.74, 6) is -0.219. The van der Waals surface area contributed by atoms with E-state index in [4.69, 9.17) is 16.4 Å². The molecule has 0 aromatic carbocycles. The van der Waals surface area contributed by atoms with E-state index in [1.807, 2.05) is 0 Å². The Morgan fingerprint density at radius 1 is 1.67 bits per heavy atom. The highest BCUT2D eigenvalue weighted by Crippen LogP contribution is 1.96. The highest BCUT2D eigenvalue weighted by atomic mass is 16.4. The minimum atomic E-state index is -0.219. The van der Waals surface area contributed by atoms with E-state index in [0.29, 0.717) is 5.56 Å². The molecule has 1 aromatic rings. The molecule has 0 aliphatic heterocycles. The quantitative estimate of drug-likeness (QED) is 0.252. The number of nitrogens with zero attached hydrogens (tertiary/aromatic N) is 2. The summed E-state index contributed by atoms with van der Waals surface area (Å²) < 4.78 is 0. The van der Waals surface area contributed by atoms with Gasteiger partial charge >= 0.3 is 0 Å². The molecule has 0 bridgehead atoms. The van der Waals surface area contributed by atoms with Gasteiger partial charge in [-0.15, -0.1) is 0 Å². The van der Waals surface area contributed by atoms with E-state index in [1.165, 1.54) is 6.20 Å². The fourth-order valence-electron chi connectivity index (χ4n) is 0.709. The van der Waals surface area contributed by atoms with Gasteiger partial charge in [-0.1, -0.05) is 5.16 Å². The molecule has 12 heavy (non-hydrogen) atoms. The number of hydrogen-bond acceptors (Lipinski definition) is 4. The molecule has 0 aliphatic carbocycles. The van der Waals surface area contributed by atoms with E-state index >= 15 is 0 Å². The fraction of sp³-hybridized carbons (Fsp3) is 0. The van der Waals surface area contributed by atoms with Crippen LogP contribution in [0.4, 0.5) is 0 Å². The van der Waals surface area contributed by atoms with Crippen molar-refractivity contribution in [2.24, 2.45) is 10.9 Å². The van der Waals surface area contributed by atoms with Gasteiger partial charge in [0.05, 0.1) is 0 Å². The number of pyridine rings is 1. The van der Waals surface area contributed by atoms with Crippen molar-refractivity contribution in [1.82, 2.24) is 4.98 Å². The smallest absolute Gasteiger partial charge is 0.188 e. The number of rotatable bonds is 2. The monoisotopic (exact) mass is 164 g/mol. The Balaban J connectivity index is 2.94. The predicted octanol–water partition coefficient (Wildman–Crippen LogP) is 0.196. The average Bonchev–Trinajstić information content (AvgIpc) is 2.17. The molecule has 4 N–H and O–H groups in total. The van der Waals surface area contributed by atoms with E-state index < -0.39 is 0 Å². The second kappa shape index (κ2) is 3.47. The number of oxime groups is 1. The number of hydrogen-bond donors (Lipinski definition) is 3. The van der Waals surface area contributed by atoms with Gasteiger partial charge in [0, 0.05) is 18.0 Å². The highest BCUT2D eigenvalue weighted by Gasteiger charge is 2.04. The molecule has 5 heteroatoms. The van der Waals surface area contributed by atoms with Crippen LogP contribution in [0.25, 0.3) is 0 Å². The molecule has 0 radical (unpaired) electrons. The molecule has 5 nitrogen and oxygen atoms in total. The predicted molar refractivity (Wildman–Crippen MR) is 44.5 cm³/mol. The Morgan fingerprint density at radius 3 is 2.92 bits per heavy atom. The molecule has 1 rings (SSSR count). The van der Waals surface area contributed by atoms with Crippen molar-refractivity contribution in [2.45, 2.75) is 0 Å². The Labute approximate surface area is 69.0 Å². The first-order valence-corrected chi connectivity index (χ1v) is 3.22. The Morgan fingerprint density at radius 2 is 2.42 bits per heavy atom. The minimum Gasteiger partial charge on any atom is -0.409 e. The molecular formula is C7H8N4O. The largest absolute Gasteiger partial charge is 0.409 e. The van der Waals surface area contributed by atoms with E-state index in [9.17, 15) is 0 Å². The number of amidine groups is 1. The summed E-state index contributed by atoms with van der Waals surface area (Å²) in [6.45, 7) is 0. The van der Waals surface area contributed by atoms with E-state index in [-0.39, 0.29) is 11.5 Å². The van der Waals surface area contributed by atoms with Crippen LogP contribution in [-0.2, 0) is 0 Å². The normalized spacial score (nSPS) is 11.2. The van der Waals surface area contributed by atoms with Crippen molar-refractivity contribution < 1.29 is 5.21 Å².